The highest BCUT2D eigenvalue weighted by molar-refractivity contribution is 5.74. The summed E-state index contributed by atoms with van der Waals surface area (Å²) < 4.78 is 33.7. The van der Waals surface area contributed by atoms with Crippen molar-refractivity contribution in [3.63, 3.8) is 0 Å². The minimum Gasteiger partial charge on any atom is -0.466 e. The van der Waals surface area contributed by atoms with E-state index < -0.39 is 0 Å². The molecule has 0 bridgehead atoms. The van der Waals surface area contributed by atoms with Crippen molar-refractivity contribution in [2.24, 2.45) is 17.8 Å². The van der Waals surface area contributed by atoms with Crippen molar-refractivity contribution in [1.82, 2.24) is 0 Å². The van der Waals surface area contributed by atoms with Crippen LogP contribution >= 0.6 is 0 Å². The largest absolute Gasteiger partial charge is 0.466 e. The zero-order valence-corrected chi connectivity index (χ0v) is 26.6. The predicted molar refractivity (Wildman–Crippen MR) is 158 cm³/mol. The minimum atomic E-state index is -0.191. The lowest BCUT2D eigenvalue weighted by molar-refractivity contribution is -0.165. The van der Waals surface area contributed by atoms with E-state index in [0.717, 1.165) is 51.4 Å². The molecule has 0 heterocycles. The van der Waals surface area contributed by atoms with Crippen LogP contribution in [0.3, 0.4) is 0 Å². The fourth-order valence-corrected chi connectivity index (χ4v) is 6.39. The third-order valence-corrected chi connectivity index (χ3v) is 9.00. The summed E-state index contributed by atoms with van der Waals surface area (Å²) in [6.07, 6.45) is 10.6. The van der Waals surface area contributed by atoms with E-state index in [1.165, 1.54) is 0 Å². The molecule has 0 aliphatic heterocycles. The fourth-order valence-electron chi connectivity index (χ4n) is 6.39. The Kier molecular flexibility index (Phi) is 15.8. The normalized spacial score (nSPS) is 29.3. The fraction of sp³-hybridized carbons (Fsp3) is 0.879. The maximum absolute atomic E-state index is 13.0. The SMILES string of the molecule is CCOC(=O)CCCOC1CCC(OC(=O)C2CCC(OC(=O)C3CCC(OCCCOC(=O)CC)CC3)CC2C)CC1. The smallest absolute Gasteiger partial charge is 0.309 e. The van der Waals surface area contributed by atoms with Gasteiger partial charge in [0.2, 0.25) is 0 Å². The Morgan fingerprint density at radius 2 is 1.19 bits per heavy atom. The lowest BCUT2D eigenvalue weighted by Crippen LogP contribution is -2.38. The number of ether oxygens (including phenoxy) is 6. The molecule has 246 valence electrons. The van der Waals surface area contributed by atoms with Gasteiger partial charge < -0.3 is 28.4 Å². The van der Waals surface area contributed by atoms with Gasteiger partial charge >= 0.3 is 23.9 Å². The van der Waals surface area contributed by atoms with E-state index in [0.29, 0.717) is 71.4 Å². The lowest BCUT2D eigenvalue weighted by Gasteiger charge is -2.35. The molecule has 0 aromatic carbocycles. The molecule has 3 atom stereocenters. The monoisotopic (exact) mass is 610 g/mol. The molecule has 0 aromatic rings. The Balaban J connectivity index is 1.25. The second kappa shape index (κ2) is 19.2. The maximum Gasteiger partial charge on any atom is 0.309 e. The van der Waals surface area contributed by atoms with Crippen molar-refractivity contribution in [2.45, 2.75) is 141 Å². The van der Waals surface area contributed by atoms with Gasteiger partial charge in [0, 0.05) is 25.9 Å². The second-order valence-electron chi connectivity index (χ2n) is 12.3. The molecule has 0 spiro atoms. The van der Waals surface area contributed by atoms with E-state index in [4.69, 9.17) is 28.4 Å². The van der Waals surface area contributed by atoms with Gasteiger partial charge in [0.05, 0.1) is 43.9 Å². The highest BCUT2D eigenvalue weighted by Gasteiger charge is 2.38. The van der Waals surface area contributed by atoms with E-state index in [-0.39, 0.29) is 66.0 Å². The first-order chi connectivity index (χ1) is 20.8. The van der Waals surface area contributed by atoms with Crippen LogP contribution in [0.4, 0.5) is 0 Å². The van der Waals surface area contributed by atoms with Gasteiger partial charge in [0.15, 0.2) is 0 Å². The Bertz CT molecular complexity index is 860. The third kappa shape index (κ3) is 12.7. The summed E-state index contributed by atoms with van der Waals surface area (Å²) in [6.45, 7) is 7.50. The van der Waals surface area contributed by atoms with Crippen molar-refractivity contribution in [2.75, 3.05) is 26.4 Å². The summed E-state index contributed by atoms with van der Waals surface area (Å²) in [5, 5.41) is 0. The number of esters is 4. The van der Waals surface area contributed by atoms with Gasteiger partial charge in [-0.1, -0.05) is 13.8 Å². The maximum atomic E-state index is 13.0. The van der Waals surface area contributed by atoms with E-state index in [1.54, 1.807) is 13.8 Å². The number of rotatable bonds is 16. The summed E-state index contributed by atoms with van der Waals surface area (Å²) >= 11 is 0. The third-order valence-electron chi connectivity index (χ3n) is 9.00. The predicted octanol–water partition coefficient (Wildman–Crippen LogP) is 5.47. The first-order valence-corrected chi connectivity index (χ1v) is 16.7. The van der Waals surface area contributed by atoms with Crippen molar-refractivity contribution in [1.29, 1.82) is 0 Å². The second-order valence-corrected chi connectivity index (χ2v) is 12.3. The molecule has 10 heteroatoms. The Morgan fingerprint density at radius 1 is 0.605 bits per heavy atom. The summed E-state index contributed by atoms with van der Waals surface area (Å²) in [7, 11) is 0. The van der Waals surface area contributed by atoms with Gasteiger partial charge in [-0.25, -0.2) is 0 Å². The molecule has 0 radical (unpaired) electrons. The molecule has 3 fully saturated rings. The van der Waals surface area contributed by atoms with Crippen LogP contribution < -0.4 is 0 Å². The molecular formula is C33H54O10. The minimum absolute atomic E-state index is 0.0765. The van der Waals surface area contributed by atoms with E-state index in [1.807, 2.05) is 0 Å². The highest BCUT2D eigenvalue weighted by atomic mass is 16.6. The number of carbonyl (C=O) groups is 4. The number of hydrogen-bond acceptors (Lipinski definition) is 10. The van der Waals surface area contributed by atoms with Crippen LogP contribution in [-0.2, 0) is 47.6 Å². The van der Waals surface area contributed by atoms with Crippen LogP contribution in [0.25, 0.3) is 0 Å². The summed E-state index contributed by atoms with van der Waals surface area (Å²) in [6, 6.07) is 0. The Labute approximate surface area is 257 Å². The van der Waals surface area contributed by atoms with Crippen LogP contribution in [0.2, 0.25) is 0 Å². The van der Waals surface area contributed by atoms with E-state index in [2.05, 4.69) is 6.92 Å². The molecule has 3 aliphatic rings. The Morgan fingerprint density at radius 3 is 1.81 bits per heavy atom. The Hall–Kier alpha value is -2.20. The number of hydrogen-bond donors (Lipinski definition) is 0. The average molecular weight is 611 g/mol. The molecule has 0 aromatic heterocycles. The van der Waals surface area contributed by atoms with E-state index >= 15 is 0 Å². The molecular weight excluding hydrogens is 556 g/mol. The molecule has 3 rings (SSSR count). The summed E-state index contributed by atoms with van der Waals surface area (Å²) in [5.41, 5.74) is 0. The zero-order valence-electron chi connectivity index (χ0n) is 26.6. The van der Waals surface area contributed by atoms with Gasteiger partial charge in [-0.2, -0.15) is 0 Å². The van der Waals surface area contributed by atoms with E-state index in [9.17, 15) is 19.2 Å². The quantitative estimate of drug-likeness (QED) is 0.126. The molecule has 10 nitrogen and oxygen atoms in total. The first-order valence-electron chi connectivity index (χ1n) is 16.7. The molecule has 3 unspecified atom stereocenters. The summed E-state index contributed by atoms with van der Waals surface area (Å²) in [5.74, 6) is -0.789. The van der Waals surface area contributed by atoms with Gasteiger partial charge in [-0.15, -0.1) is 0 Å². The molecule has 0 saturated heterocycles. The van der Waals surface area contributed by atoms with Crippen molar-refractivity contribution >= 4 is 23.9 Å². The lowest BCUT2D eigenvalue weighted by atomic mass is 9.78. The molecule has 43 heavy (non-hydrogen) atoms. The van der Waals surface area contributed by atoms with Crippen LogP contribution in [0.5, 0.6) is 0 Å². The average Bonchev–Trinajstić information content (AvgIpc) is 3.00. The van der Waals surface area contributed by atoms with Crippen molar-refractivity contribution < 1.29 is 47.6 Å². The standard InChI is InChI=1S/C33H54O10/c1-4-30(34)41-21-7-20-40-25-11-9-24(10-12-25)32(36)43-28-17-18-29(23(3)22-28)33(37)42-27-15-13-26(14-16-27)39-19-6-8-31(35)38-5-2/h23-29H,4-22H2,1-3H3. The zero-order chi connectivity index (χ0) is 31.0. The van der Waals surface area contributed by atoms with Crippen LogP contribution in [-0.4, -0.2) is 74.7 Å². The van der Waals surface area contributed by atoms with Gasteiger partial charge in [0.1, 0.15) is 12.2 Å². The van der Waals surface area contributed by atoms with Crippen LogP contribution in [0.1, 0.15) is 117 Å². The molecule has 0 amide bonds. The molecule has 0 N–H and O–H groups in total. The highest BCUT2D eigenvalue weighted by Crippen LogP contribution is 2.35. The van der Waals surface area contributed by atoms with Gasteiger partial charge in [0.25, 0.3) is 0 Å². The molecule has 3 saturated carbocycles. The molecule has 3 aliphatic carbocycles. The van der Waals surface area contributed by atoms with Crippen LogP contribution in [0.15, 0.2) is 0 Å². The van der Waals surface area contributed by atoms with Gasteiger partial charge in [-0.3, -0.25) is 19.2 Å². The topological polar surface area (TPSA) is 124 Å². The summed E-state index contributed by atoms with van der Waals surface area (Å²) in [4.78, 5) is 48.5. The van der Waals surface area contributed by atoms with Crippen molar-refractivity contribution in [3.8, 4) is 0 Å². The first kappa shape index (κ1) is 35.3. The van der Waals surface area contributed by atoms with Gasteiger partial charge in [-0.05, 0) is 89.9 Å². The number of carbonyl (C=O) groups excluding carboxylic acids is 4. The van der Waals surface area contributed by atoms with Crippen molar-refractivity contribution in [3.05, 3.63) is 0 Å². The van der Waals surface area contributed by atoms with Crippen LogP contribution in [0, 0.1) is 17.8 Å².